The predicted octanol–water partition coefficient (Wildman–Crippen LogP) is 3.16. The SMILES string of the molecule is CCN(CC)S(=O)(=O)N1CCC(C2CCCCN(CCc3ccccc3)C2=O)CC1. The normalized spacial score (nSPS) is 22.4. The van der Waals surface area contributed by atoms with Crippen molar-refractivity contribution >= 4 is 16.1 Å². The number of hydrogen-bond acceptors (Lipinski definition) is 3. The van der Waals surface area contributed by atoms with Crippen molar-refractivity contribution in [3.8, 4) is 0 Å². The summed E-state index contributed by atoms with van der Waals surface area (Å²) in [6.45, 7) is 7.41. The van der Waals surface area contributed by atoms with E-state index in [0.29, 0.717) is 26.2 Å². The van der Waals surface area contributed by atoms with E-state index >= 15 is 0 Å². The lowest BCUT2D eigenvalue weighted by Crippen LogP contribution is -2.49. The van der Waals surface area contributed by atoms with E-state index < -0.39 is 10.2 Å². The van der Waals surface area contributed by atoms with Crippen LogP contribution in [0.1, 0.15) is 51.5 Å². The fourth-order valence-corrected chi connectivity index (χ4v) is 6.58. The van der Waals surface area contributed by atoms with Crippen molar-refractivity contribution < 1.29 is 13.2 Å². The lowest BCUT2D eigenvalue weighted by atomic mass is 9.81. The average molecular weight is 436 g/mol. The first-order valence-corrected chi connectivity index (χ1v) is 12.9. The van der Waals surface area contributed by atoms with Crippen LogP contribution in [-0.4, -0.2) is 67.1 Å². The van der Waals surface area contributed by atoms with Crippen LogP contribution in [0, 0.1) is 11.8 Å². The number of amides is 1. The van der Waals surface area contributed by atoms with Gasteiger partial charge < -0.3 is 4.90 Å². The number of piperidine rings is 1. The Balaban J connectivity index is 1.59. The van der Waals surface area contributed by atoms with E-state index in [1.54, 1.807) is 4.31 Å². The maximum Gasteiger partial charge on any atom is 0.281 e. The Bertz CT molecular complexity index is 772. The minimum absolute atomic E-state index is 0.0431. The third kappa shape index (κ3) is 5.42. The molecule has 3 rings (SSSR count). The molecule has 2 fully saturated rings. The monoisotopic (exact) mass is 435 g/mol. The fourth-order valence-electron chi connectivity index (χ4n) is 4.93. The molecule has 0 N–H and O–H groups in total. The van der Waals surface area contributed by atoms with Crippen LogP contribution in [0.3, 0.4) is 0 Å². The molecule has 7 heteroatoms. The molecule has 6 nitrogen and oxygen atoms in total. The Morgan fingerprint density at radius 2 is 1.63 bits per heavy atom. The Morgan fingerprint density at radius 1 is 0.967 bits per heavy atom. The van der Waals surface area contributed by atoms with Crippen LogP contribution >= 0.6 is 0 Å². The predicted molar refractivity (Wildman–Crippen MR) is 120 cm³/mol. The van der Waals surface area contributed by atoms with Gasteiger partial charge in [-0.05, 0) is 43.6 Å². The highest BCUT2D eigenvalue weighted by Gasteiger charge is 2.38. The van der Waals surface area contributed by atoms with E-state index in [0.717, 1.165) is 51.6 Å². The number of carbonyl (C=O) groups excluding carboxylic acids is 1. The second-order valence-corrected chi connectivity index (χ2v) is 10.4. The van der Waals surface area contributed by atoms with Crippen LogP contribution in [0.15, 0.2) is 30.3 Å². The number of carbonyl (C=O) groups is 1. The zero-order valence-corrected chi connectivity index (χ0v) is 19.3. The lowest BCUT2D eigenvalue weighted by molar-refractivity contribution is -0.137. The van der Waals surface area contributed by atoms with Crippen molar-refractivity contribution in [2.75, 3.05) is 39.3 Å². The maximum atomic E-state index is 13.3. The number of benzene rings is 1. The number of nitrogens with zero attached hydrogens (tertiary/aromatic N) is 3. The summed E-state index contributed by atoms with van der Waals surface area (Å²) in [6.07, 6.45) is 5.53. The quantitative estimate of drug-likeness (QED) is 0.630. The minimum Gasteiger partial charge on any atom is -0.342 e. The Labute approximate surface area is 182 Å². The highest BCUT2D eigenvalue weighted by atomic mass is 32.2. The Hall–Kier alpha value is -1.44. The van der Waals surface area contributed by atoms with Crippen molar-refractivity contribution in [3.63, 3.8) is 0 Å². The van der Waals surface area contributed by atoms with Gasteiger partial charge in [0.05, 0.1) is 0 Å². The number of hydrogen-bond donors (Lipinski definition) is 0. The summed E-state index contributed by atoms with van der Waals surface area (Å²) in [5, 5.41) is 0. The van der Waals surface area contributed by atoms with Gasteiger partial charge in [0.25, 0.3) is 10.2 Å². The third-order valence-corrected chi connectivity index (χ3v) is 8.95. The molecule has 2 heterocycles. The maximum absolute atomic E-state index is 13.3. The zero-order chi connectivity index (χ0) is 21.6. The molecule has 1 aromatic rings. The van der Waals surface area contributed by atoms with Gasteiger partial charge in [-0.1, -0.05) is 50.6 Å². The third-order valence-electron chi connectivity index (χ3n) is 6.76. The van der Waals surface area contributed by atoms with E-state index in [-0.39, 0.29) is 17.7 Å². The molecule has 2 aliphatic rings. The van der Waals surface area contributed by atoms with Gasteiger partial charge in [-0.15, -0.1) is 0 Å². The van der Waals surface area contributed by atoms with E-state index in [4.69, 9.17) is 0 Å². The van der Waals surface area contributed by atoms with Gasteiger partial charge in [-0.25, -0.2) is 0 Å². The minimum atomic E-state index is -3.38. The second kappa shape index (κ2) is 10.7. The first-order valence-electron chi connectivity index (χ1n) is 11.5. The van der Waals surface area contributed by atoms with Crippen LogP contribution < -0.4 is 0 Å². The molecular weight excluding hydrogens is 398 g/mol. The number of rotatable bonds is 8. The molecule has 0 aromatic heterocycles. The summed E-state index contributed by atoms with van der Waals surface area (Å²) in [4.78, 5) is 15.4. The molecule has 30 heavy (non-hydrogen) atoms. The molecule has 0 saturated carbocycles. The summed E-state index contributed by atoms with van der Waals surface area (Å²) in [6, 6.07) is 10.3. The van der Waals surface area contributed by atoms with Gasteiger partial charge >= 0.3 is 0 Å². The number of likely N-dealkylation sites (tertiary alicyclic amines) is 1. The molecule has 1 aromatic carbocycles. The molecule has 0 aliphatic carbocycles. The molecule has 0 spiro atoms. The summed E-state index contributed by atoms with van der Waals surface area (Å²) in [5.41, 5.74) is 1.26. The summed E-state index contributed by atoms with van der Waals surface area (Å²) in [7, 11) is -3.38. The standard InChI is InChI=1S/C23H37N3O3S/c1-3-25(4-2)30(28,29)26-18-14-21(15-19-26)22-12-8-9-16-24(23(22)27)17-13-20-10-6-5-7-11-20/h5-7,10-11,21-22H,3-4,8-9,12-19H2,1-2H3. The largest absolute Gasteiger partial charge is 0.342 e. The van der Waals surface area contributed by atoms with Gasteiger partial charge in [0.1, 0.15) is 0 Å². The van der Waals surface area contributed by atoms with Crippen LogP contribution in [0.5, 0.6) is 0 Å². The molecule has 1 amide bonds. The van der Waals surface area contributed by atoms with Crippen LogP contribution in [0.2, 0.25) is 0 Å². The van der Waals surface area contributed by atoms with Gasteiger partial charge in [-0.3, -0.25) is 4.79 Å². The molecule has 2 aliphatic heterocycles. The summed E-state index contributed by atoms with van der Waals surface area (Å²) < 4.78 is 28.7. The molecule has 0 bridgehead atoms. The smallest absolute Gasteiger partial charge is 0.281 e. The van der Waals surface area contributed by atoms with Gasteiger partial charge in [0, 0.05) is 45.2 Å². The first kappa shape index (κ1) is 23.2. The average Bonchev–Trinajstić information content (AvgIpc) is 2.95. The van der Waals surface area contributed by atoms with Crippen LogP contribution in [0.4, 0.5) is 0 Å². The summed E-state index contributed by atoms with van der Waals surface area (Å²) in [5.74, 6) is 0.619. The zero-order valence-electron chi connectivity index (χ0n) is 18.5. The van der Waals surface area contributed by atoms with E-state index in [9.17, 15) is 13.2 Å². The highest BCUT2D eigenvalue weighted by Crippen LogP contribution is 2.33. The molecule has 1 atom stereocenters. The molecular formula is C23H37N3O3S. The van der Waals surface area contributed by atoms with Gasteiger partial charge in [0.2, 0.25) is 5.91 Å². The van der Waals surface area contributed by atoms with Crippen molar-refractivity contribution in [1.29, 1.82) is 0 Å². The molecule has 168 valence electrons. The van der Waals surface area contributed by atoms with Crippen molar-refractivity contribution in [1.82, 2.24) is 13.5 Å². The van der Waals surface area contributed by atoms with Gasteiger partial charge in [0.15, 0.2) is 0 Å². The summed E-state index contributed by atoms with van der Waals surface area (Å²) >= 11 is 0. The topological polar surface area (TPSA) is 60.9 Å². The highest BCUT2D eigenvalue weighted by molar-refractivity contribution is 7.86. The second-order valence-electron chi connectivity index (χ2n) is 8.49. The Morgan fingerprint density at radius 3 is 2.27 bits per heavy atom. The first-order chi connectivity index (χ1) is 14.5. The van der Waals surface area contributed by atoms with E-state index in [2.05, 4.69) is 17.0 Å². The van der Waals surface area contributed by atoms with E-state index in [1.165, 1.54) is 9.87 Å². The molecule has 1 unspecified atom stereocenters. The Kier molecular flexibility index (Phi) is 8.31. The van der Waals surface area contributed by atoms with Crippen molar-refractivity contribution in [3.05, 3.63) is 35.9 Å². The fraction of sp³-hybridized carbons (Fsp3) is 0.696. The van der Waals surface area contributed by atoms with Crippen molar-refractivity contribution in [2.24, 2.45) is 11.8 Å². The molecule has 0 radical (unpaired) electrons. The van der Waals surface area contributed by atoms with Crippen LogP contribution in [-0.2, 0) is 21.4 Å². The van der Waals surface area contributed by atoms with Gasteiger partial charge in [-0.2, -0.15) is 17.0 Å². The van der Waals surface area contributed by atoms with E-state index in [1.807, 2.05) is 32.0 Å². The van der Waals surface area contributed by atoms with Crippen molar-refractivity contribution in [2.45, 2.75) is 52.4 Å². The lowest BCUT2D eigenvalue weighted by Gasteiger charge is -2.37. The molecule has 2 saturated heterocycles. The van der Waals surface area contributed by atoms with Crippen LogP contribution in [0.25, 0.3) is 0 Å².